The first-order valence-electron chi connectivity index (χ1n) is 47.7. The second-order valence-electron chi connectivity index (χ2n) is 33.0. The maximum absolute atomic E-state index is 6.62. The number of hydrogen-bond donors (Lipinski definition) is 0. The van der Waals surface area contributed by atoms with Crippen LogP contribution in [0.3, 0.4) is 0 Å². The minimum atomic E-state index is 0.272. The van der Waals surface area contributed by atoms with Crippen molar-refractivity contribution in [1.29, 1.82) is 0 Å². The zero-order valence-corrected chi connectivity index (χ0v) is 81.3. The predicted molar refractivity (Wildman–Crippen MR) is 537 cm³/mol. The highest BCUT2D eigenvalue weighted by molar-refractivity contribution is 7.25. The van der Waals surface area contributed by atoms with Crippen molar-refractivity contribution in [2.75, 3.05) is 39.6 Å². The fraction of sp³-hybridized carbons (Fsp3) is 0.444. The van der Waals surface area contributed by atoms with Crippen LogP contribution >= 0.6 is 68.0 Å². The molecule has 0 saturated heterocycles. The summed E-state index contributed by atoms with van der Waals surface area (Å²) in [4.78, 5) is 11.7. The van der Waals surface area contributed by atoms with Gasteiger partial charge in [-0.3, -0.25) is 0 Å². The van der Waals surface area contributed by atoms with E-state index < -0.39 is 0 Å². The number of rotatable bonds is 57. The summed E-state index contributed by atoms with van der Waals surface area (Å²) < 4.78 is 58.1. The Morgan fingerprint density at radius 2 is 0.411 bits per heavy atom. The Labute approximate surface area is 789 Å². The summed E-state index contributed by atoms with van der Waals surface area (Å²) in [6.07, 6.45) is 43.3. The molecule has 0 saturated carbocycles. The maximum Gasteiger partial charge on any atom is 0.258 e. The average molecular weight is 1840 g/mol. The van der Waals surface area contributed by atoms with Crippen molar-refractivity contribution >= 4 is 68.0 Å². The van der Waals surface area contributed by atoms with Crippen molar-refractivity contribution in [3.05, 3.63) is 177 Å². The van der Waals surface area contributed by atoms with Crippen LogP contribution in [-0.4, -0.2) is 70.2 Å². The van der Waals surface area contributed by atoms with Gasteiger partial charge in [-0.2, -0.15) is 0 Å². The van der Waals surface area contributed by atoms with Crippen LogP contribution < -0.4 is 28.4 Å². The normalized spacial score (nSPS) is 11.2. The fourth-order valence-electron chi connectivity index (χ4n) is 14.9. The fourth-order valence-corrected chi connectivity index (χ4v) is 20.6. The maximum atomic E-state index is 6.62. The predicted octanol–water partition coefficient (Wildman–Crippen LogP) is 32.8. The quantitative estimate of drug-likeness (QED) is 0.0260. The Morgan fingerprint density at radius 1 is 0.202 bits per heavy atom. The molecule has 13 rings (SSSR count). The summed E-state index contributed by atoms with van der Waals surface area (Å²) in [5.41, 5.74) is 4.38. The summed E-state index contributed by atoms with van der Waals surface area (Å²) in [5.74, 6) is 27.1. The van der Waals surface area contributed by atoms with Gasteiger partial charge in [0.05, 0.1) is 68.9 Å². The van der Waals surface area contributed by atoms with E-state index >= 15 is 0 Å². The SMILES string of the molecule is CCCCCCCCOc1ccc(C#Cc2ccc(-c3ccc(-c4nnc(-c5cc(-c6nnc(-c7ccc(-c8ccc(C#Cc9ccc(OCCCCCCCC)c(OCCCCCCCC)c9)s8)s7)o6)cc(-c6nnc(-c7ccc(-c8ccc(C#Cc9ccc(OCCCCCCCC)c(OCCCCCCCC)c9)s8)s7)o6)c5)o4)s3)s2)cc1OCCCCCCCC. The minimum absolute atomic E-state index is 0.272. The highest BCUT2D eigenvalue weighted by Crippen LogP contribution is 2.44. The van der Waals surface area contributed by atoms with Gasteiger partial charge in [0.25, 0.3) is 17.7 Å². The minimum Gasteiger partial charge on any atom is -0.490 e. The first-order valence-corrected chi connectivity index (χ1v) is 52.6. The second-order valence-corrected chi connectivity index (χ2v) is 39.5. The van der Waals surface area contributed by atoms with E-state index in [1.807, 2.05) is 91.0 Å². The standard InChI is InChI=1S/C108H126N6O9S6/c1-7-13-19-25-31-37-67-115-88-55-46-79(73-91(88)118-70-40-34-28-22-16-10-4)43-49-85-52-58-94(124-85)97-61-64-100(127-97)106-112-109-103(121-106)82-76-83(104-110-113-107(122-104)101-65-62-98(128-101)95-59-53-86(125-95)50-44-80-47-56-89(116-68-38-32-26-20-14-8-2)92(74-80)119-71-41-35-29-23-17-11-5)78-84(77-82)105-111-114-108(123-105)102-66-63-99(129-102)96-60-54-87(126-96)51-45-81-48-57-90(117-69-39-33-27-21-15-9-3)93(75-81)120-72-42-36-30-24-18-12-6/h46-48,52-66,73-78H,7-42,67-72H2,1-6H3. The highest BCUT2D eigenvalue weighted by Gasteiger charge is 2.24. The topological polar surface area (TPSA) is 172 Å². The summed E-state index contributed by atoms with van der Waals surface area (Å²) in [7, 11) is 0. The molecule has 13 aromatic rings. The Bertz CT molecular complexity index is 5150. The molecule has 9 heterocycles. The Morgan fingerprint density at radius 3 is 0.667 bits per heavy atom. The number of thiophene rings is 6. The van der Waals surface area contributed by atoms with Gasteiger partial charge in [-0.05, 0) is 184 Å². The lowest BCUT2D eigenvalue weighted by molar-refractivity contribution is 0.258. The molecule has 0 atom stereocenters. The van der Waals surface area contributed by atoms with E-state index in [1.54, 1.807) is 68.0 Å². The molecule has 9 aromatic heterocycles. The molecule has 0 radical (unpaired) electrons. The first-order chi connectivity index (χ1) is 63.7. The van der Waals surface area contributed by atoms with E-state index in [9.17, 15) is 0 Å². The van der Waals surface area contributed by atoms with Gasteiger partial charge in [0, 0.05) is 62.6 Å². The molecule has 0 N–H and O–H groups in total. The number of hydrogen-bond acceptors (Lipinski definition) is 21. The van der Waals surface area contributed by atoms with Gasteiger partial charge < -0.3 is 41.7 Å². The highest BCUT2D eigenvalue weighted by atomic mass is 32.1. The van der Waals surface area contributed by atoms with Crippen molar-refractivity contribution < 1.29 is 41.7 Å². The van der Waals surface area contributed by atoms with E-state index in [0.717, 1.165) is 168 Å². The van der Waals surface area contributed by atoms with Crippen LogP contribution in [0.2, 0.25) is 0 Å². The second kappa shape index (κ2) is 54.0. The molecule has 0 aliphatic rings. The molecule has 678 valence electrons. The van der Waals surface area contributed by atoms with Crippen LogP contribution in [0.1, 0.15) is 304 Å². The smallest absolute Gasteiger partial charge is 0.258 e. The van der Waals surface area contributed by atoms with E-state index in [1.165, 1.54) is 173 Å². The van der Waals surface area contributed by atoms with Gasteiger partial charge in [-0.15, -0.1) is 98.6 Å². The largest absolute Gasteiger partial charge is 0.490 e. The van der Waals surface area contributed by atoms with Gasteiger partial charge in [0.15, 0.2) is 34.5 Å². The monoisotopic (exact) mass is 1840 g/mol. The lowest BCUT2D eigenvalue weighted by Gasteiger charge is -2.13. The molecule has 0 unspecified atom stereocenters. The van der Waals surface area contributed by atoms with Gasteiger partial charge in [-0.1, -0.05) is 270 Å². The third-order valence-corrected chi connectivity index (χ3v) is 29.1. The van der Waals surface area contributed by atoms with Gasteiger partial charge in [0.2, 0.25) is 17.7 Å². The lowest BCUT2D eigenvalue weighted by Crippen LogP contribution is -2.03. The number of unbranched alkanes of at least 4 members (excludes halogenated alkanes) is 30. The van der Waals surface area contributed by atoms with Gasteiger partial charge >= 0.3 is 0 Å². The molecule has 4 aromatic carbocycles. The zero-order valence-electron chi connectivity index (χ0n) is 76.4. The summed E-state index contributed by atoms with van der Waals surface area (Å²) in [6, 6.07) is 48.9. The Kier molecular flexibility index (Phi) is 40.4. The number of nitrogens with zero attached hydrogens (tertiary/aromatic N) is 6. The van der Waals surface area contributed by atoms with Crippen LogP contribution in [-0.2, 0) is 0 Å². The zero-order chi connectivity index (χ0) is 89.1. The van der Waals surface area contributed by atoms with Crippen molar-refractivity contribution in [3.8, 4) is 166 Å². The van der Waals surface area contributed by atoms with E-state index in [-0.39, 0.29) is 17.7 Å². The van der Waals surface area contributed by atoms with Crippen LogP contribution in [0.15, 0.2) is 159 Å². The Balaban J connectivity index is 0.719. The van der Waals surface area contributed by atoms with E-state index in [0.29, 0.717) is 74.0 Å². The molecule has 21 heteroatoms. The van der Waals surface area contributed by atoms with E-state index in [2.05, 4.69) is 162 Å². The summed E-state index contributed by atoms with van der Waals surface area (Å²) in [5, 5.41) is 27.9. The van der Waals surface area contributed by atoms with Crippen molar-refractivity contribution in [2.24, 2.45) is 0 Å². The molecule has 0 bridgehead atoms. The average Bonchev–Trinajstić information content (AvgIpc) is 1.64. The molecule has 0 fully saturated rings. The Hall–Kier alpha value is -10.0. The molecule has 0 aliphatic heterocycles. The van der Waals surface area contributed by atoms with Crippen LogP contribution in [0.4, 0.5) is 0 Å². The summed E-state index contributed by atoms with van der Waals surface area (Å²) in [6.45, 7) is 17.5. The molecule has 0 amide bonds. The molecule has 129 heavy (non-hydrogen) atoms. The van der Waals surface area contributed by atoms with Gasteiger partial charge in [0.1, 0.15) is 0 Å². The number of benzene rings is 4. The molecule has 0 spiro atoms. The van der Waals surface area contributed by atoms with Crippen molar-refractivity contribution in [2.45, 2.75) is 273 Å². The lowest BCUT2D eigenvalue weighted by atomic mass is 10.1. The van der Waals surface area contributed by atoms with E-state index in [4.69, 9.17) is 41.7 Å². The molecular formula is C108H126N6O9S6. The van der Waals surface area contributed by atoms with Crippen LogP contribution in [0.25, 0.3) is 95.9 Å². The van der Waals surface area contributed by atoms with Crippen LogP contribution in [0.5, 0.6) is 34.5 Å². The van der Waals surface area contributed by atoms with Crippen molar-refractivity contribution in [3.63, 3.8) is 0 Å². The van der Waals surface area contributed by atoms with Crippen LogP contribution in [0, 0.1) is 35.5 Å². The number of aromatic nitrogens is 6. The third kappa shape index (κ3) is 30.8. The molecule has 15 nitrogen and oxygen atoms in total. The molecular weight excluding hydrogens is 1720 g/mol. The summed E-state index contributed by atoms with van der Waals surface area (Å²) >= 11 is 9.65. The van der Waals surface area contributed by atoms with Gasteiger partial charge in [-0.25, -0.2) is 0 Å². The first kappa shape index (κ1) is 96.5. The number of ether oxygens (including phenoxy) is 6. The van der Waals surface area contributed by atoms with Crippen molar-refractivity contribution in [1.82, 2.24) is 30.6 Å². The molecule has 0 aliphatic carbocycles. The third-order valence-electron chi connectivity index (χ3n) is 22.3.